The summed E-state index contributed by atoms with van der Waals surface area (Å²) in [7, 11) is 3.79. The number of anilines is 1. The molecule has 0 aliphatic carbocycles. The van der Waals surface area contributed by atoms with Crippen molar-refractivity contribution in [3.8, 4) is 0 Å². The number of rotatable bonds is 8. The van der Waals surface area contributed by atoms with Gasteiger partial charge in [0.25, 0.3) is 0 Å². The molecule has 0 saturated carbocycles. The van der Waals surface area contributed by atoms with Gasteiger partial charge in [-0.1, -0.05) is 6.92 Å². The number of nitrogens with zero attached hydrogens (tertiary/aromatic N) is 2. The van der Waals surface area contributed by atoms with E-state index in [9.17, 15) is 0 Å². The highest BCUT2D eigenvalue weighted by atomic mass is 16.5. The molecule has 1 aromatic heterocycles. The van der Waals surface area contributed by atoms with Crippen LogP contribution < -0.4 is 10.2 Å². The molecule has 0 aromatic carbocycles. The van der Waals surface area contributed by atoms with Crippen molar-refractivity contribution in [3.63, 3.8) is 0 Å². The maximum Gasteiger partial charge on any atom is 0.0637 e. The first-order chi connectivity index (χ1) is 8.27. The first-order valence-corrected chi connectivity index (χ1v) is 6.13. The zero-order valence-electron chi connectivity index (χ0n) is 11.1. The summed E-state index contributed by atoms with van der Waals surface area (Å²) in [6, 6.07) is 4.15. The molecule has 1 rings (SSSR count). The van der Waals surface area contributed by atoms with Gasteiger partial charge in [0.2, 0.25) is 0 Å². The minimum absolute atomic E-state index is 0.738. The Bertz CT molecular complexity index is 317. The minimum atomic E-state index is 0.738. The van der Waals surface area contributed by atoms with E-state index in [1.165, 1.54) is 5.69 Å². The van der Waals surface area contributed by atoms with Gasteiger partial charge in [-0.2, -0.15) is 0 Å². The molecule has 4 nitrogen and oxygen atoms in total. The average molecular weight is 237 g/mol. The number of pyridine rings is 1. The van der Waals surface area contributed by atoms with Gasteiger partial charge in [-0.05, 0) is 25.1 Å². The third kappa shape index (κ3) is 5.15. The molecule has 0 unspecified atom stereocenters. The molecule has 0 aliphatic heterocycles. The Hall–Kier alpha value is -1.13. The van der Waals surface area contributed by atoms with E-state index in [-0.39, 0.29) is 0 Å². The summed E-state index contributed by atoms with van der Waals surface area (Å²) in [5.41, 5.74) is 2.27. The van der Waals surface area contributed by atoms with Gasteiger partial charge in [-0.3, -0.25) is 4.98 Å². The number of aromatic nitrogens is 1. The topological polar surface area (TPSA) is 37.4 Å². The van der Waals surface area contributed by atoms with Crippen LogP contribution in [0.3, 0.4) is 0 Å². The third-order valence-electron chi connectivity index (χ3n) is 2.60. The predicted molar refractivity (Wildman–Crippen MR) is 71.4 cm³/mol. The largest absolute Gasteiger partial charge is 0.383 e. The predicted octanol–water partition coefficient (Wildman–Crippen LogP) is 1.66. The zero-order valence-corrected chi connectivity index (χ0v) is 11.1. The normalized spacial score (nSPS) is 10.5. The Morgan fingerprint density at radius 2 is 2.29 bits per heavy atom. The molecular weight excluding hydrogens is 214 g/mol. The highest BCUT2D eigenvalue weighted by Gasteiger charge is 2.02. The monoisotopic (exact) mass is 237 g/mol. The van der Waals surface area contributed by atoms with Gasteiger partial charge in [0.15, 0.2) is 0 Å². The lowest BCUT2D eigenvalue weighted by Crippen LogP contribution is -2.22. The Kier molecular flexibility index (Phi) is 6.58. The van der Waals surface area contributed by atoms with Crippen LogP contribution in [-0.2, 0) is 11.3 Å². The molecule has 0 spiro atoms. The van der Waals surface area contributed by atoms with Gasteiger partial charge in [-0.25, -0.2) is 0 Å². The number of ether oxygens (including phenoxy) is 1. The van der Waals surface area contributed by atoms with Crippen LogP contribution in [0.4, 0.5) is 5.69 Å². The summed E-state index contributed by atoms with van der Waals surface area (Å²) in [5.74, 6) is 0. The summed E-state index contributed by atoms with van der Waals surface area (Å²) >= 11 is 0. The Morgan fingerprint density at radius 1 is 1.47 bits per heavy atom. The highest BCUT2D eigenvalue weighted by molar-refractivity contribution is 5.45. The van der Waals surface area contributed by atoms with Crippen LogP contribution in [0.25, 0.3) is 0 Å². The molecule has 4 heteroatoms. The SMILES string of the molecule is CCCNCc1cc(N(C)CCOC)ccn1. The van der Waals surface area contributed by atoms with Crippen molar-refractivity contribution in [2.24, 2.45) is 0 Å². The maximum absolute atomic E-state index is 5.07. The molecule has 0 saturated heterocycles. The van der Waals surface area contributed by atoms with Crippen LogP contribution in [0.1, 0.15) is 19.0 Å². The van der Waals surface area contributed by atoms with Crippen molar-refractivity contribution in [1.82, 2.24) is 10.3 Å². The van der Waals surface area contributed by atoms with Gasteiger partial charge >= 0.3 is 0 Å². The van der Waals surface area contributed by atoms with Crippen molar-refractivity contribution in [3.05, 3.63) is 24.0 Å². The average Bonchev–Trinajstić information content (AvgIpc) is 2.36. The molecule has 0 radical (unpaired) electrons. The number of hydrogen-bond donors (Lipinski definition) is 1. The first kappa shape index (κ1) is 13.9. The fraction of sp³-hybridized carbons (Fsp3) is 0.615. The molecule has 17 heavy (non-hydrogen) atoms. The number of likely N-dealkylation sites (N-methyl/N-ethyl adjacent to an activating group) is 1. The number of hydrogen-bond acceptors (Lipinski definition) is 4. The second-order valence-corrected chi connectivity index (χ2v) is 4.10. The van der Waals surface area contributed by atoms with Gasteiger partial charge in [0.05, 0.1) is 12.3 Å². The van der Waals surface area contributed by atoms with E-state index in [2.05, 4.69) is 35.2 Å². The van der Waals surface area contributed by atoms with Crippen LogP contribution in [0.15, 0.2) is 18.3 Å². The quantitative estimate of drug-likeness (QED) is 0.698. The van der Waals surface area contributed by atoms with Gasteiger partial charge in [-0.15, -0.1) is 0 Å². The third-order valence-corrected chi connectivity index (χ3v) is 2.60. The number of methoxy groups -OCH3 is 1. The van der Waals surface area contributed by atoms with Crippen molar-refractivity contribution >= 4 is 5.69 Å². The number of nitrogens with one attached hydrogen (secondary N) is 1. The maximum atomic E-state index is 5.07. The fourth-order valence-electron chi connectivity index (χ4n) is 1.55. The Balaban J connectivity index is 2.52. The summed E-state index contributed by atoms with van der Waals surface area (Å²) in [5, 5.41) is 3.35. The van der Waals surface area contributed by atoms with Crippen LogP contribution >= 0.6 is 0 Å². The molecule has 0 aliphatic rings. The zero-order chi connectivity index (χ0) is 12.5. The van der Waals surface area contributed by atoms with Crippen molar-refractivity contribution in [2.75, 3.05) is 38.8 Å². The summed E-state index contributed by atoms with van der Waals surface area (Å²) in [6.45, 7) is 5.66. The van der Waals surface area contributed by atoms with Crippen LogP contribution in [0.2, 0.25) is 0 Å². The lowest BCUT2D eigenvalue weighted by Gasteiger charge is -2.19. The van der Waals surface area contributed by atoms with Crippen molar-refractivity contribution in [1.29, 1.82) is 0 Å². The smallest absolute Gasteiger partial charge is 0.0637 e. The Morgan fingerprint density at radius 3 is 3.00 bits per heavy atom. The lowest BCUT2D eigenvalue weighted by molar-refractivity contribution is 0.206. The fourth-order valence-corrected chi connectivity index (χ4v) is 1.55. The van der Waals surface area contributed by atoms with Gasteiger partial charge < -0.3 is 15.0 Å². The molecule has 0 amide bonds. The highest BCUT2D eigenvalue weighted by Crippen LogP contribution is 2.12. The first-order valence-electron chi connectivity index (χ1n) is 6.13. The van der Waals surface area contributed by atoms with Crippen molar-refractivity contribution in [2.45, 2.75) is 19.9 Å². The van der Waals surface area contributed by atoms with Gasteiger partial charge in [0.1, 0.15) is 0 Å². The summed E-state index contributed by atoms with van der Waals surface area (Å²) < 4.78 is 5.07. The lowest BCUT2D eigenvalue weighted by atomic mass is 10.3. The van der Waals surface area contributed by atoms with E-state index in [0.29, 0.717) is 0 Å². The van der Waals surface area contributed by atoms with E-state index in [1.54, 1.807) is 7.11 Å². The molecule has 1 aromatic rings. The molecule has 1 N–H and O–H groups in total. The second kappa shape index (κ2) is 8.03. The van der Waals surface area contributed by atoms with E-state index in [1.807, 2.05) is 12.3 Å². The van der Waals surface area contributed by atoms with E-state index < -0.39 is 0 Å². The minimum Gasteiger partial charge on any atom is -0.383 e. The molecule has 0 bridgehead atoms. The summed E-state index contributed by atoms with van der Waals surface area (Å²) in [4.78, 5) is 6.53. The van der Waals surface area contributed by atoms with Gasteiger partial charge in [0, 0.05) is 39.1 Å². The molecule has 1 heterocycles. The molecule has 0 fully saturated rings. The van der Waals surface area contributed by atoms with Crippen molar-refractivity contribution < 1.29 is 4.74 Å². The molecular formula is C13H23N3O. The molecule has 0 atom stereocenters. The van der Waals surface area contributed by atoms with E-state index in [0.717, 1.165) is 38.4 Å². The van der Waals surface area contributed by atoms with Crippen LogP contribution in [0, 0.1) is 0 Å². The summed E-state index contributed by atoms with van der Waals surface area (Å²) in [6.07, 6.45) is 3.01. The van der Waals surface area contributed by atoms with Crippen LogP contribution in [0.5, 0.6) is 0 Å². The second-order valence-electron chi connectivity index (χ2n) is 4.10. The van der Waals surface area contributed by atoms with Crippen LogP contribution in [-0.4, -0.2) is 38.8 Å². The standard InChI is InChI=1S/C13H23N3O/c1-4-6-14-11-12-10-13(5-7-15-12)16(2)8-9-17-3/h5,7,10,14H,4,6,8-9,11H2,1-3H3. The van der Waals surface area contributed by atoms with E-state index >= 15 is 0 Å². The van der Waals surface area contributed by atoms with E-state index in [4.69, 9.17) is 4.74 Å². The Labute approximate surface area is 104 Å². The molecule has 96 valence electrons.